The molecule has 2 N–H and O–H groups in total. The van der Waals surface area contributed by atoms with E-state index in [-0.39, 0.29) is 23.3 Å². The molecule has 1 aromatic rings. The lowest BCUT2D eigenvalue weighted by molar-refractivity contribution is 0.0182. The molecule has 1 rings (SSSR count). The number of anilines is 1. The van der Waals surface area contributed by atoms with E-state index < -0.39 is 17.7 Å². The number of ether oxygens (including phenoxy) is 2. The van der Waals surface area contributed by atoms with Gasteiger partial charge in [0.05, 0.1) is 31.6 Å². The molecule has 1 atom stereocenters. The van der Waals surface area contributed by atoms with Crippen LogP contribution in [0.1, 0.15) is 0 Å². The summed E-state index contributed by atoms with van der Waals surface area (Å²) in [6, 6.07) is 1.92. The van der Waals surface area contributed by atoms with E-state index in [2.05, 4.69) is 21.2 Å². The lowest BCUT2D eigenvalue weighted by atomic mass is 10.2. The second kappa shape index (κ2) is 8.42. The molecule has 0 saturated heterocycles. The van der Waals surface area contributed by atoms with Crippen LogP contribution in [0, 0.1) is 11.6 Å². The fourth-order valence-corrected chi connectivity index (χ4v) is 1.90. The summed E-state index contributed by atoms with van der Waals surface area (Å²) in [5.74, 6) is -1.39. The second-order valence-electron chi connectivity index (χ2n) is 3.85. The predicted octanol–water partition coefficient (Wildman–Crippen LogP) is 2.16. The fraction of sp³-hybridized carbons (Fsp3) is 0.500. The Kier molecular flexibility index (Phi) is 7.22. The Bertz CT molecular complexity index is 384. The molecule has 108 valence electrons. The van der Waals surface area contributed by atoms with Crippen LogP contribution in [0.5, 0.6) is 0 Å². The molecule has 0 aliphatic carbocycles. The van der Waals surface area contributed by atoms with Crippen molar-refractivity contribution in [2.24, 2.45) is 0 Å². The molecule has 1 aromatic carbocycles. The third kappa shape index (κ3) is 5.82. The van der Waals surface area contributed by atoms with E-state index in [1.807, 2.05) is 0 Å². The Balaban J connectivity index is 2.40. The van der Waals surface area contributed by atoms with Gasteiger partial charge in [0.1, 0.15) is 11.6 Å². The van der Waals surface area contributed by atoms with E-state index in [4.69, 9.17) is 9.47 Å². The molecular weight excluding hydrogens is 324 g/mol. The van der Waals surface area contributed by atoms with E-state index >= 15 is 0 Å². The molecule has 0 saturated carbocycles. The predicted molar refractivity (Wildman–Crippen MR) is 71.2 cm³/mol. The van der Waals surface area contributed by atoms with Gasteiger partial charge in [-0.15, -0.1) is 0 Å². The summed E-state index contributed by atoms with van der Waals surface area (Å²) in [5.41, 5.74) is 0.109. The van der Waals surface area contributed by atoms with Crippen LogP contribution < -0.4 is 5.32 Å². The van der Waals surface area contributed by atoms with Crippen molar-refractivity contribution in [1.82, 2.24) is 0 Å². The first-order chi connectivity index (χ1) is 9.04. The summed E-state index contributed by atoms with van der Waals surface area (Å²) >= 11 is 3.05. The highest BCUT2D eigenvalue weighted by atomic mass is 79.9. The van der Waals surface area contributed by atoms with Crippen molar-refractivity contribution < 1.29 is 23.4 Å². The molecule has 1 unspecified atom stereocenters. The molecule has 0 fully saturated rings. The van der Waals surface area contributed by atoms with Crippen molar-refractivity contribution in [3.8, 4) is 0 Å². The van der Waals surface area contributed by atoms with Gasteiger partial charge in [0.25, 0.3) is 0 Å². The Morgan fingerprint density at radius 3 is 2.74 bits per heavy atom. The third-order valence-electron chi connectivity index (χ3n) is 2.26. The van der Waals surface area contributed by atoms with Crippen LogP contribution in [-0.2, 0) is 9.47 Å². The molecule has 0 spiro atoms. The summed E-state index contributed by atoms with van der Waals surface area (Å²) in [6.07, 6.45) is -0.798. The Hall–Kier alpha value is -0.760. The largest absolute Gasteiger partial charge is 0.389 e. The van der Waals surface area contributed by atoms with Crippen LogP contribution in [0.3, 0.4) is 0 Å². The van der Waals surface area contributed by atoms with Crippen LogP contribution in [0.4, 0.5) is 14.5 Å². The molecule has 0 aliphatic heterocycles. The molecule has 0 aliphatic rings. The van der Waals surface area contributed by atoms with Gasteiger partial charge < -0.3 is 19.9 Å². The molecule has 0 amide bonds. The van der Waals surface area contributed by atoms with Crippen LogP contribution in [0.2, 0.25) is 0 Å². The Morgan fingerprint density at radius 2 is 2.11 bits per heavy atom. The lowest BCUT2D eigenvalue weighted by Gasteiger charge is -2.14. The molecular formula is C12H16BrF2NO3. The topological polar surface area (TPSA) is 50.7 Å². The van der Waals surface area contributed by atoms with Crippen LogP contribution in [-0.4, -0.2) is 44.7 Å². The van der Waals surface area contributed by atoms with E-state index in [1.165, 1.54) is 0 Å². The summed E-state index contributed by atoms with van der Waals surface area (Å²) in [5, 5.41) is 12.3. The average Bonchev–Trinajstić information content (AvgIpc) is 2.33. The smallest absolute Gasteiger partial charge is 0.150 e. The Morgan fingerprint density at radius 1 is 1.37 bits per heavy atom. The number of hydrogen-bond donors (Lipinski definition) is 2. The van der Waals surface area contributed by atoms with Gasteiger partial charge in [-0.25, -0.2) is 8.78 Å². The number of aliphatic hydroxyl groups is 1. The minimum atomic E-state index is -0.798. The maximum Gasteiger partial charge on any atom is 0.150 e. The van der Waals surface area contributed by atoms with Gasteiger partial charge in [-0.2, -0.15) is 0 Å². The van der Waals surface area contributed by atoms with Crippen LogP contribution >= 0.6 is 15.9 Å². The second-order valence-corrected chi connectivity index (χ2v) is 4.70. The zero-order chi connectivity index (χ0) is 14.3. The highest BCUT2D eigenvalue weighted by Crippen LogP contribution is 2.26. The van der Waals surface area contributed by atoms with Crippen LogP contribution in [0.25, 0.3) is 0 Å². The van der Waals surface area contributed by atoms with Crippen molar-refractivity contribution in [1.29, 1.82) is 0 Å². The summed E-state index contributed by atoms with van der Waals surface area (Å²) < 4.78 is 36.5. The Labute approximate surface area is 118 Å². The minimum absolute atomic E-state index is 0.0914. The highest BCUT2D eigenvalue weighted by molar-refractivity contribution is 9.10. The van der Waals surface area contributed by atoms with E-state index in [0.717, 1.165) is 12.1 Å². The summed E-state index contributed by atoms with van der Waals surface area (Å²) in [7, 11) is 1.55. The molecule has 0 aromatic heterocycles. The van der Waals surface area contributed by atoms with Crippen molar-refractivity contribution in [3.05, 3.63) is 28.2 Å². The van der Waals surface area contributed by atoms with Crippen molar-refractivity contribution >= 4 is 21.6 Å². The zero-order valence-electron chi connectivity index (χ0n) is 10.5. The van der Waals surface area contributed by atoms with E-state index in [1.54, 1.807) is 7.11 Å². The van der Waals surface area contributed by atoms with E-state index in [0.29, 0.717) is 13.2 Å². The number of nitrogens with one attached hydrogen (secondary N) is 1. The van der Waals surface area contributed by atoms with Gasteiger partial charge in [0, 0.05) is 24.2 Å². The third-order valence-corrected chi connectivity index (χ3v) is 2.89. The van der Waals surface area contributed by atoms with Crippen LogP contribution in [0.15, 0.2) is 16.6 Å². The first kappa shape index (κ1) is 16.3. The standard InChI is InChI=1S/C12H16BrF2NO3/c1-18-2-3-19-7-9(17)6-16-12-10(13)4-8(14)5-11(12)15/h4-5,9,16-17H,2-3,6-7H2,1H3. The fourth-order valence-electron chi connectivity index (χ4n) is 1.35. The van der Waals surface area contributed by atoms with Crippen molar-refractivity contribution in [2.75, 3.05) is 38.8 Å². The van der Waals surface area contributed by atoms with Crippen molar-refractivity contribution in [3.63, 3.8) is 0 Å². The quantitative estimate of drug-likeness (QED) is 0.712. The molecule has 7 heteroatoms. The normalized spacial score (nSPS) is 12.5. The minimum Gasteiger partial charge on any atom is -0.389 e. The number of benzene rings is 1. The first-order valence-electron chi connectivity index (χ1n) is 5.67. The SMILES string of the molecule is COCCOCC(O)CNc1c(F)cc(F)cc1Br. The number of aliphatic hydroxyl groups excluding tert-OH is 1. The van der Waals surface area contributed by atoms with Gasteiger partial charge in [0.15, 0.2) is 0 Å². The first-order valence-corrected chi connectivity index (χ1v) is 6.47. The summed E-state index contributed by atoms with van der Waals surface area (Å²) in [6.45, 7) is 1.02. The molecule has 0 bridgehead atoms. The number of rotatable bonds is 8. The molecule has 4 nitrogen and oxygen atoms in total. The molecule has 0 radical (unpaired) electrons. The highest BCUT2D eigenvalue weighted by Gasteiger charge is 2.11. The van der Waals surface area contributed by atoms with Crippen molar-refractivity contribution in [2.45, 2.75) is 6.10 Å². The van der Waals surface area contributed by atoms with Gasteiger partial charge in [-0.05, 0) is 22.0 Å². The molecule has 19 heavy (non-hydrogen) atoms. The lowest BCUT2D eigenvalue weighted by Crippen LogP contribution is -2.26. The van der Waals surface area contributed by atoms with Gasteiger partial charge in [-0.3, -0.25) is 0 Å². The maximum absolute atomic E-state index is 13.5. The number of hydrogen-bond acceptors (Lipinski definition) is 4. The van der Waals surface area contributed by atoms with Gasteiger partial charge >= 0.3 is 0 Å². The maximum atomic E-state index is 13.5. The van der Waals surface area contributed by atoms with E-state index in [9.17, 15) is 13.9 Å². The number of halogens is 3. The number of methoxy groups -OCH3 is 1. The average molecular weight is 340 g/mol. The molecule has 0 heterocycles. The van der Waals surface area contributed by atoms with Gasteiger partial charge in [0.2, 0.25) is 0 Å². The zero-order valence-corrected chi connectivity index (χ0v) is 12.0. The van der Waals surface area contributed by atoms with Gasteiger partial charge in [-0.1, -0.05) is 0 Å². The monoisotopic (exact) mass is 339 g/mol. The summed E-state index contributed by atoms with van der Waals surface area (Å²) in [4.78, 5) is 0.